The maximum absolute atomic E-state index is 12.5. The van der Waals surface area contributed by atoms with Gasteiger partial charge in [0.25, 0.3) is 10.0 Å². The fourth-order valence-electron chi connectivity index (χ4n) is 3.68. The lowest BCUT2D eigenvalue weighted by atomic mass is 9.92. The molecular formula is C22H26ClN7O2S. The predicted octanol–water partition coefficient (Wildman–Crippen LogP) is 3.19. The van der Waals surface area contributed by atoms with Crippen molar-refractivity contribution in [2.24, 2.45) is 5.73 Å². The van der Waals surface area contributed by atoms with Crippen molar-refractivity contribution < 1.29 is 8.42 Å². The highest BCUT2D eigenvalue weighted by Crippen LogP contribution is 2.23. The van der Waals surface area contributed by atoms with E-state index in [2.05, 4.69) is 30.2 Å². The number of halogens is 1. The molecule has 11 heteroatoms. The molecule has 0 bridgehead atoms. The van der Waals surface area contributed by atoms with Crippen molar-refractivity contribution in [2.45, 2.75) is 55.5 Å². The third-order valence-electron chi connectivity index (χ3n) is 5.57. The zero-order chi connectivity index (χ0) is 23.3. The maximum Gasteiger partial charge on any atom is 0.264 e. The largest absolute Gasteiger partial charge is 0.351 e. The molecule has 174 valence electrons. The van der Waals surface area contributed by atoms with Gasteiger partial charge in [-0.1, -0.05) is 23.7 Å². The average molecular weight is 488 g/mol. The minimum absolute atomic E-state index is 0.0115. The van der Waals surface area contributed by atoms with Gasteiger partial charge in [0, 0.05) is 24.5 Å². The van der Waals surface area contributed by atoms with Crippen molar-refractivity contribution in [1.82, 2.24) is 20.2 Å². The van der Waals surface area contributed by atoms with E-state index >= 15 is 0 Å². The van der Waals surface area contributed by atoms with Crippen LogP contribution in [0.25, 0.3) is 0 Å². The molecule has 9 nitrogen and oxygen atoms in total. The normalized spacial score (nSPS) is 18.6. The Balaban J connectivity index is 1.29. The standard InChI is InChI=1S/C22H26ClN7O2S/c23-19-3-1-2-4-20(19)33(31,32)30-21-12-11-18(28-29-21)8-5-15-13-25-22(26-14-15)27-17-9-6-16(24)7-10-17/h1-4,11-14,16-17H,5-10,24H2,(H,29,30)(H,25,26,27)/t16-,17-. The second kappa shape index (κ2) is 10.4. The summed E-state index contributed by atoms with van der Waals surface area (Å²) in [5.74, 6) is 0.760. The molecule has 1 fully saturated rings. The van der Waals surface area contributed by atoms with Crippen molar-refractivity contribution in [3.05, 3.63) is 65.1 Å². The molecule has 33 heavy (non-hydrogen) atoms. The third kappa shape index (κ3) is 6.37. The minimum atomic E-state index is -3.84. The van der Waals surface area contributed by atoms with Crippen LogP contribution in [0.15, 0.2) is 53.7 Å². The third-order valence-corrected chi connectivity index (χ3v) is 7.42. The number of benzene rings is 1. The van der Waals surface area contributed by atoms with E-state index in [0.717, 1.165) is 36.9 Å². The van der Waals surface area contributed by atoms with Crippen LogP contribution in [0.4, 0.5) is 11.8 Å². The first-order chi connectivity index (χ1) is 15.9. The summed E-state index contributed by atoms with van der Waals surface area (Å²) in [6, 6.07) is 10.2. The van der Waals surface area contributed by atoms with E-state index in [1.54, 1.807) is 24.3 Å². The predicted molar refractivity (Wildman–Crippen MR) is 128 cm³/mol. The molecule has 1 aromatic carbocycles. The Morgan fingerprint density at radius 3 is 2.36 bits per heavy atom. The van der Waals surface area contributed by atoms with Gasteiger partial charge in [-0.2, -0.15) is 5.10 Å². The number of aromatic nitrogens is 4. The average Bonchev–Trinajstić information content (AvgIpc) is 2.81. The fraction of sp³-hybridized carbons (Fsp3) is 0.364. The molecule has 4 N–H and O–H groups in total. The van der Waals surface area contributed by atoms with Crippen LogP contribution < -0.4 is 15.8 Å². The van der Waals surface area contributed by atoms with E-state index in [1.807, 2.05) is 12.4 Å². The number of nitrogens with two attached hydrogens (primary N) is 1. The molecule has 0 spiro atoms. The Morgan fingerprint density at radius 1 is 0.970 bits per heavy atom. The number of anilines is 2. The van der Waals surface area contributed by atoms with Gasteiger partial charge in [0.15, 0.2) is 5.82 Å². The van der Waals surface area contributed by atoms with Crippen LogP contribution in [0.2, 0.25) is 5.02 Å². The van der Waals surface area contributed by atoms with Gasteiger partial charge in [0.2, 0.25) is 5.95 Å². The molecule has 0 amide bonds. The van der Waals surface area contributed by atoms with Crippen LogP contribution in [0.3, 0.4) is 0 Å². The van der Waals surface area contributed by atoms with E-state index in [4.69, 9.17) is 17.3 Å². The molecule has 2 heterocycles. The highest BCUT2D eigenvalue weighted by Gasteiger charge is 2.19. The lowest BCUT2D eigenvalue weighted by molar-refractivity contribution is 0.410. The number of rotatable bonds is 8. The van der Waals surface area contributed by atoms with Gasteiger partial charge in [-0.15, -0.1) is 5.10 Å². The van der Waals surface area contributed by atoms with Crippen molar-refractivity contribution in [1.29, 1.82) is 0 Å². The minimum Gasteiger partial charge on any atom is -0.351 e. The van der Waals surface area contributed by atoms with Crippen LogP contribution in [0.1, 0.15) is 36.9 Å². The molecule has 4 rings (SSSR count). The lowest BCUT2D eigenvalue weighted by Gasteiger charge is -2.26. The Kier molecular flexibility index (Phi) is 7.36. The molecule has 0 atom stereocenters. The number of nitrogens with zero attached hydrogens (tertiary/aromatic N) is 4. The zero-order valence-electron chi connectivity index (χ0n) is 18.0. The number of hydrogen-bond donors (Lipinski definition) is 3. The summed E-state index contributed by atoms with van der Waals surface area (Å²) in [6.45, 7) is 0. The SMILES string of the molecule is N[C@H]1CC[C@H](Nc2ncc(CCc3ccc(NS(=O)(=O)c4ccccc4Cl)nn3)cn2)CC1. The number of aryl methyl sites for hydroxylation is 2. The molecule has 0 aliphatic heterocycles. The number of sulfonamides is 1. The fourth-order valence-corrected chi connectivity index (χ4v) is 5.20. The monoisotopic (exact) mass is 487 g/mol. The second-order valence-electron chi connectivity index (χ2n) is 8.12. The highest BCUT2D eigenvalue weighted by molar-refractivity contribution is 7.92. The summed E-state index contributed by atoms with van der Waals surface area (Å²) in [5.41, 5.74) is 7.67. The van der Waals surface area contributed by atoms with E-state index in [-0.39, 0.29) is 15.7 Å². The molecule has 1 aliphatic carbocycles. The summed E-state index contributed by atoms with van der Waals surface area (Å²) in [5, 5.41) is 11.6. The van der Waals surface area contributed by atoms with Crippen LogP contribution in [0, 0.1) is 0 Å². The van der Waals surface area contributed by atoms with Gasteiger partial charge >= 0.3 is 0 Å². The first kappa shape index (κ1) is 23.3. The molecule has 3 aromatic rings. The molecule has 1 aliphatic rings. The van der Waals surface area contributed by atoms with Crippen LogP contribution in [-0.4, -0.2) is 40.7 Å². The first-order valence-electron chi connectivity index (χ1n) is 10.8. The molecule has 1 saturated carbocycles. The Bertz CT molecular complexity index is 1170. The van der Waals surface area contributed by atoms with Crippen molar-refractivity contribution in [2.75, 3.05) is 10.0 Å². The van der Waals surface area contributed by atoms with Gasteiger partial charge < -0.3 is 11.1 Å². The van der Waals surface area contributed by atoms with E-state index in [9.17, 15) is 8.42 Å². The van der Waals surface area contributed by atoms with Gasteiger partial charge in [0.1, 0.15) is 4.90 Å². The van der Waals surface area contributed by atoms with Gasteiger partial charge in [-0.25, -0.2) is 18.4 Å². The maximum atomic E-state index is 12.5. The zero-order valence-corrected chi connectivity index (χ0v) is 19.6. The summed E-state index contributed by atoms with van der Waals surface area (Å²) in [4.78, 5) is 8.82. The quantitative estimate of drug-likeness (QED) is 0.440. The first-order valence-corrected chi connectivity index (χ1v) is 12.7. The lowest BCUT2D eigenvalue weighted by Crippen LogP contribution is -2.33. The summed E-state index contributed by atoms with van der Waals surface area (Å²) >= 11 is 5.99. The molecule has 0 unspecified atom stereocenters. The van der Waals surface area contributed by atoms with E-state index < -0.39 is 10.0 Å². The topological polar surface area (TPSA) is 136 Å². The highest BCUT2D eigenvalue weighted by atomic mass is 35.5. The summed E-state index contributed by atoms with van der Waals surface area (Å²) in [6.07, 6.45) is 9.06. The van der Waals surface area contributed by atoms with Crippen molar-refractivity contribution in [3.63, 3.8) is 0 Å². The van der Waals surface area contributed by atoms with Crippen molar-refractivity contribution >= 4 is 33.4 Å². The van der Waals surface area contributed by atoms with E-state index in [1.165, 1.54) is 12.1 Å². The number of hydrogen-bond acceptors (Lipinski definition) is 8. The number of nitrogens with one attached hydrogen (secondary N) is 2. The summed E-state index contributed by atoms with van der Waals surface area (Å²) in [7, 11) is -3.84. The summed E-state index contributed by atoms with van der Waals surface area (Å²) < 4.78 is 27.4. The van der Waals surface area contributed by atoms with Crippen LogP contribution in [-0.2, 0) is 22.9 Å². The van der Waals surface area contributed by atoms with Crippen LogP contribution in [0.5, 0.6) is 0 Å². The molecule has 2 aromatic heterocycles. The van der Waals surface area contributed by atoms with E-state index in [0.29, 0.717) is 30.9 Å². The molecule has 0 saturated heterocycles. The molecular weight excluding hydrogens is 462 g/mol. The Morgan fingerprint density at radius 2 is 1.70 bits per heavy atom. The van der Waals surface area contributed by atoms with Crippen LogP contribution >= 0.6 is 11.6 Å². The Labute approximate surface area is 198 Å². The Hall–Kier alpha value is -2.82. The van der Waals surface area contributed by atoms with Crippen molar-refractivity contribution in [3.8, 4) is 0 Å². The smallest absolute Gasteiger partial charge is 0.264 e. The van der Waals surface area contributed by atoms with Gasteiger partial charge in [0.05, 0.1) is 10.7 Å². The van der Waals surface area contributed by atoms with Gasteiger partial charge in [-0.3, -0.25) is 4.72 Å². The molecule has 0 radical (unpaired) electrons. The van der Waals surface area contributed by atoms with Gasteiger partial charge in [-0.05, 0) is 68.4 Å². The second-order valence-corrected chi connectivity index (χ2v) is 10.2.